The van der Waals surface area contributed by atoms with Crippen LogP contribution < -0.4 is 5.46 Å². The van der Waals surface area contributed by atoms with E-state index in [9.17, 15) is 13.5 Å². The third-order valence-electron chi connectivity index (χ3n) is 7.04. The molecule has 0 aliphatic carbocycles. The molecule has 2 saturated heterocycles. The number of hydrogen-bond acceptors (Lipinski definition) is 5. The molecule has 0 spiro atoms. The number of rotatable bonds is 5. The van der Waals surface area contributed by atoms with Crippen LogP contribution in [0.2, 0.25) is 0 Å². The maximum atomic E-state index is 13.5. The highest BCUT2D eigenvalue weighted by atomic mass is 32.2. The summed E-state index contributed by atoms with van der Waals surface area (Å²) in [7, 11) is -3.99. The fraction of sp³-hybridized carbons (Fsp3) is 0.739. The lowest BCUT2D eigenvalue weighted by atomic mass is 9.78. The summed E-state index contributed by atoms with van der Waals surface area (Å²) in [4.78, 5) is 0. The first-order valence-electron chi connectivity index (χ1n) is 11.3. The molecule has 2 aliphatic heterocycles. The lowest BCUT2D eigenvalue weighted by molar-refractivity contribution is 0.00578. The van der Waals surface area contributed by atoms with Crippen molar-refractivity contribution >= 4 is 22.6 Å². The molecule has 3 rings (SSSR count). The zero-order valence-electron chi connectivity index (χ0n) is 20.0. The second kappa shape index (κ2) is 8.45. The molecule has 0 unspecified atom stereocenters. The molecule has 0 bridgehead atoms. The van der Waals surface area contributed by atoms with E-state index in [0.29, 0.717) is 6.42 Å². The molecule has 174 valence electrons. The Kier molecular flexibility index (Phi) is 6.74. The third-order valence-corrected chi connectivity index (χ3v) is 9.70. The molecule has 2 fully saturated rings. The van der Waals surface area contributed by atoms with Crippen LogP contribution in [0.15, 0.2) is 24.3 Å². The Morgan fingerprint density at radius 2 is 1.61 bits per heavy atom. The second-order valence-electron chi connectivity index (χ2n) is 10.8. The average Bonchev–Trinajstić information content (AvgIpc) is 2.88. The van der Waals surface area contributed by atoms with Gasteiger partial charge in [-0.25, -0.2) is 8.42 Å². The van der Waals surface area contributed by atoms with Crippen molar-refractivity contribution in [3.8, 4) is 0 Å². The van der Waals surface area contributed by atoms with Gasteiger partial charge in [0, 0.05) is 12.6 Å². The highest BCUT2D eigenvalue weighted by Gasteiger charge is 2.52. The third kappa shape index (κ3) is 4.60. The van der Waals surface area contributed by atoms with Gasteiger partial charge in [0.2, 0.25) is 10.0 Å². The predicted octanol–water partition coefficient (Wildman–Crippen LogP) is 3.39. The van der Waals surface area contributed by atoms with Crippen LogP contribution in [0.1, 0.15) is 85.8 Å². The zero-order valence-corrected chi connectivity index (χ0v) is 20.8. The molecule has 2 aliphatic rings. The van der Waals surface area contributed by atoms with E-state index < -0.39 is 33.1 Å². The summed E-state index contributed by atoms with van der Waals surface area (Å²) in [5.41, 5.74) is 1.08. The normalized spacial score (nSPS) is 26.9. The SMILES string of the molecule is CC1(C)OB(c2ccc([C@@H]3CCC[C@@H](CCO)N3S(=O)(=O)C(C)(C)C)cc2)OC1(C)C. The Morgan fingerprint density at radius 3 is 2.10 bits per heavy atom. The van der Waals surface area contributed by atoms with E-state index in [4.69, 9.17) is 9.31 Å². The summed E-state index contributed by atoms with van der Waals surface area (Å²) in [5.74, 6) is 0. The maximum Gasteiger partial charge on any atom is 0.494 e. The molecule has 2 atom stereocenters. The van der Waals surface area contributed by atoms with Crippen LogP contribution in [-0.4, -0.2) is 53.5 Å². The highest BCUT2D eigenvalue weighted by molar-refractivity contribution is 7.90. The first-order chi connectivity index (χ1) is 14.2. The molecule has 8 heteroatoms. The molecule has 0 radical (unpaired) electrons. The van der Waals surface area contributed by atoms with E-state index in [1.54, 1.807) is 25.1 Å². The summed E-state index contributed by atoms with van der Waals surface area (Å²) in [6, 6.07) is 7.54. The van der Waals surface area contributed by atoms with E-state index in [-0.39, 0.29) is 18.7 Å². The Morgan fingerprint density at radius 1 is 1.06 bits per heavy atom. The number of benzene rings is 1. The van der Waals surface area contributed by atoms with Gasteiger partial charge in [0.15, 0.2) is 0 Å². The molecule has 1 N–H and O–H groups in total. The molecule has 31 heavy (non-hydrogen) atoms. The maximum absolute atomic E-state index is 13.5. The number of piperidine rings is 1. The van der Waals surface area contributed by atoms with Crippen LogP contribution in [0, 0.1) is 0 Å². The Hall–Kier alpha value is -0.925. The summed E-state index contributed by atoms with van der Waals surface area (Å²) in [6.07, 6.45) is 2.94. The Labute approximate surface area is 188 Å². The van der Waals surface area contributed by atoms with Crippen LogP contribution in [0.5, 0.6) is 0 Å². The van der Waals surface area contributed by atoms with Crippen LogP contribution in [0.4, 0.5) is 0 Å². The van der Waals surface area contributed by atoms with Crippen LogP contribution in [0.3, 0.4) is 0 Å². The molecule has 6 nitrogen and oxygen atoms in total. The average molecular weight is 451 g/mol. The summed E-state index contributed by atoms with van der Waals surface area (Å²) in [6.45, 7) is 13.3. The number of hydrogen-bond donors (Lipinski definition) is 1. The number of sulfonamides is 1. The lowest BCUT2D eigenvalue weighted by Gasteiger charge is -2.44. The van der Waals surface area contributed by atoms with Gasteiger partial charge in [-0.2, -0.15) is 4.31 Å². The minimum Gasteiger partial charge on any atom is -0.399 e. The van der Waals surface area contributed by atoms with Crippen molar-refractivity contribution in [3.63, 3.8) is 0 Å². The largest absolute Gasteiger partial charge is 0.494 e. The fourth-order valence-electron chi connectivity index (χ4n) is 4.32. The first kappa shape index (κ1) is 24.7. The van der Waals surface area contributed by atoms with Gasteiger partial charge in [0.05, 0.1) is 22.0 Å². The molecular formula is C23H38BNO5S. The van der Waals surface area contributed by atoms with Crippen LogP contribution >= 0.6 is 0 Å². The van der Waals surface area contributed by atoms with Gasteiger partial charge in [-0.05, 0) is 85.2 Å². The van der Waals surface area contributed by atoms with Crippen LogP contribution in [0.25, 0.3) is 0 Å². The standard InChI is InChI=1S/C23H38BNO5S/c1-21(2,3)31(27,28)25-19(15-16-26)9-8-10-20(25)17-11-13-18(14-12-17)24-29-22(4,5)23(6,7)30-24/h11-14,19-20,26H,8-10,15-16H2,1-7H3/t19-,20-/m0/s1. The smallest absolute Gasteiger partial charge is 0.399 e. The van der Waals surface area contributed by atoms with Crippen molar-refractivity contribution in [2.75, 3.05) is 6.61 Å². The molecule has 2 heterocycles. The fourth-order valence-corrected chi connectivity index (χ4v) is 6.12. The van der Waals surface area contributed by atoms with Crippen molar-refractivity contribution in [1.29, 1.82) is 0 Å². The molecule has 1 aromatic carbocycles. The van der Waals surface area contributed by atoms with Gasteiger partial charge in [-0.1, -0.05) is 24.3 Å². The molecule has 0 amide bonds. The van der Waals surface area contributed by atoms with Gasteiger partial charge in [0.1, 0.15) is 0 Å². The van der Waals surface area contributed by atoms with Crippen molar-refractivity contribution in [3.05, 3.63) is 29.8 Å². The number of aliphatic hydroxyl groups is 1. The number of aliphatic hydroxyl groups excluding tert-OH is 1. The van der Waals surface area contributed by atoms with E-state index in [1.807, 2.05) is 52.0 Å². The van der Waals surface area contributed by atoms with Gasteiger partial charge in [-0.3, -0.25) is 0 Å². The van der Waals surface area contributed by atoms with E-state index in [2.05, 4.69) is 0 Å². The van der Waals surface area contributed by atoms with Crippen molar-refractivity contribution < 1.29 is 22.8 Å². The second-order valence-corrected chi connectivity index (χ2v) is 13.4. The van der Waals surface area contributed by atoms with Gasteiger partial charge >= 0.3 is 7.12 Å². The first-order valence-corrected chi connectivity index (χ1v) is 12.7. The minimum atomic E-state index is -3.55. The summed E-state index contributed by atoms with van der Waals surface area (Å²) < 4.78 is 40.1. The molecule has 0 aromatic heterocycles. The molecule has 1 aromatic rings. The highest BCUT2D eigenvalue weighted by Crippen LogP contribution is 2.41. The van der Waals surface area contributed by atoms with E-state index >= 15 is 0 Å². The van der Waals surface area contributed by atoms with E-state index in [0.717, 1.165) is 30.3 Å². The van der Waals surface area contributed by atoms with Crippen molar-refractivity contribution in [2.45, 2.75) is 102 Å². The quantitative estimate of drug-likeness (QED) is 0.695. The summed E-state index contributed by atoms with van der Waals surface area (Å²) in [5, 5.41) is 9.55. The monoisotopic (exact) mass is 451 g/mol. The van der Waals surface area contributed by atoms with Gasteiger partial charge in [-0.15, -0.1) is 0 Å². The zero-order chi connectivity index (χ0) is 23.2. The Balaban J connectivity index is 1.91. The molecule has 0 saturated carbocycles. The van der Waals surface area contributed by atoms with Crippen molar-refractivity contribution in [1.82, 2.24) is 4.31 Å². The van der Waals surface area contributed by atoms with Gasteiger partial charge < -0.3 is 14.4 Å². The molecular weight excluding hydrogens is 413 g/mol. The predicted molar refractivity (Wildman–Crippen MR) is 125 cm³/mol. The minimum absolute atomic E-state index is 0.0194. The van der Waals surface area contributed by atoms with Gasteiger partial charge in [0.25, 0.3) is 0 Å². The Bertz CT molecular complexity index is 858. The summed E-state index contributed by atoms with van der Waals surface area (Å²) >= 11 is 0. The topological polar surface area (TPSA) is 76.1 Å². The van der Waals surface area contributed by atoms with E-state index in [1.165, 1.54) is 0 Å². The number of nitrogens with zero attached hydrogens (tertiary/aromatic N) is 1. The lowest BCUT2D eigenvalue weighted by Crippen LogP contribution is -2.52. The van der Waals surface area contributed by atoms with Crippen molar-refractivity contribution in [2.24, 2.45) is 0 Å². The van der Waals surface area contributed by atoms with Crippen LogP contribution in [-0.2, 0) is 19.3 Å².